The minimum Gasteiger partial charge on any atom is -0.396 e. The van der Waals surface area contributed by atoms with Gasteiger partial charge in [0.25, 0.3) is 0 Å². The van der Waals surface area contributed by atoms with Crippen molar-refractivity contribution in [3.8, 4) is 0 Å². The average Bonchev–Trinajstić information content (AvgIpc) is 2.14. The van der Waals surface area contributed by atoms with Gasteiger partial charge in [0.15, 0.2) is 0 Å². The van der Waals surface area contributed by atoms with E-state index >= 15 is 0 Å². The second-order valence-electron chi connectivity index (χ2n) is 2.78. The maximum atomic E-state index is 9.19. The summed E-state index contributed by atoms with van der Waals surface area (Å²) in [5.74, 6) is 0. The van der Waals surface area contributed by atoms with Crippen molar-refractivity contribution in [3.05, 3.63) is 0 Å². The summed E-state index contributed by atoms with van der Waals surface area (Å²) in [4.78, 5) is 0. The molecule has 1 aliphatic heterocycles. The summed E-state index contributed by atoms with van der Waals surface area (Å²) in [6.07, 6.45) is 0.978. The Bertz CT molecular complexity index is 95.0. The Balaban J connectivity index is 2.27. The Morgan fingerprint density at radius 3 is 2.70 bits per heavy atom. The van der Waals surface area contributed by atoms with Crippen LogP contribution in [0.25, 0.3) is 0 Å². The Labute approximate surface area is 60.6 Å². The highest BCUT2D eigenvalue weighted by atomic mass is 16.5. The number of aliphatic hydroxyl groups excluding tert-OH is 2. The van der Waals surface area contributed by atoms with Crippen LogP contribution in [0.2, 0.25) is 0 Å². The second-order valence-corrected chi connectivity index (χ2v) is 2.78. The lowest BCUT2D eigenvalue weighted by molar-refractivity contribution is 0.0139. The molecule has 1 aliphatic rings. The number of hydrogen-bond donors (Lipinski definition) is 2. The summed E-state index contributed by atoms with van der Waals surface area (Å²) >= 11 is 0. The van der Waals surface area contributed by atoms with Crippen LogP contribution in [0.15, 0.2) is 0 Å². The predicted octanol–water partition coefficient (Wildman–Crippen LogP) is -0.0929. The van der Waals surface area contributed by atoms with Crippen molar-refractivity contribution < 1.29 is 14.9 Å². The highest BCUT2D eigenvalue weighted by Gasteiger charge is 2.29. The van der Waals surface area contributed by atoms with Gasteiger partial charge >= 0.3 is 0 Å². The number of rotatable bonds is 2. The van der Waals surface area contributed by atoms with Gasteiger partial charge in [-0.3, -0.25) is 0 Å². The van der Waals surface area contributed by atoms with Crippen LogP contribution in [0.4, 0.5) is 0 Å². The molecule has 0 saturated carbocycles. The lowest BCUT2D eigenvalue weighted by Crippen LogP contribution is -2.15. The quantitative estimate of drug-likeness (QED) is 0.572. The largest absolute Gasteiger partial charge is 0.396 e. The van der Waals surface area contributed by atoms with Crippen LogP contribution in [0.5, 0.6) is 0 Å². The maximum Gasteiger partial charge on any atom is 0.0823 e. The van der Waals surface area contributed by atoms with Gasteiger partial charge < -0.3 is 14.9 Å². The van der Waals surface area contributed by atoms with Crippen molar-refractivity contribution >= 4 is 0 Å². The van der Waals surface area contributed by atoms with Gasteiger partial charge in [-0.25, -0.2) is 0 Å². The van der Waals surface area contributed by atoms with Crippen LogP contribution in [-0.4, -0.2) is 35.1 Å². The lowest BCUT2D eigenvalue weighted by atomic mass is 10.1. The van der Waals surface area contributed by atoms with Gasteiger partial charge in [0.2, 0.25) is 0 Å². The molecule has 0 amide bonds. The molecule has 0 bridgehead atoms. The molecule has 3 nitrogen and oxygen atoms in total. The zero-order chi connectivity index (χ0) is 7.56. The van der Waals surface area contributed by atoms with E-state index in [-0.39, 0.29) is 24.9 Å². The topological polar surface area (TPSA) is 49.7 Å². The molecule has 0 aromatic carbocycles. The molecule has 0 aromatic heterocycles. The van der Waals surface area contributed by atoms with E-state index in [9.17, 15) is 5.11 Å². The Morgan fingerprint density at radius 2 is 2.30 bits per heavy atom. The lowest BCUT2D eigenvalue weighted by Gasteiger charge is -2.07. The fraction of sp³-hybridized carbons (Fsp3) is 1.00. The first-order valence-electron chi connectivity index (χ1n) is 3.68. The summed E-state index contributed by atoms with van der Waals surface area (Å²) < 4.78 is 5.30. The summed E-state index contributed by atoms with van der Waals surface area (Å²) in [6, 6.07) is 0. The Morgan fingerprint density at radius 1 is 1.60 bits per heavy atom. The van der Waals surface area contributed by atoms with Crippen LogP contribution < -0.4 is 0 Å². The van der Waals surface area contributed by atoms with Gasteiger partial charge in [-0.15, -0.1) is 0 Å². The molecular weight excluding hydrogens is 132 g/mol. The van der Waals surface area contributed by atoms with Crippen LogP contribution in [0, 0.1) is 0 Å². The van der Waals surface area contributed by atoms with Crippen LogP contribution in [0.3, 0.4) is 0 Å². The van der Waals surface area contributed by atoms with Crippen molar-refractivity contribution in [1.29, 1.82) is 0 Å². The summed E-state index contributed by atoms with van der Waals surface area (Å²) in [5, 5.41) is 17.7. The molecular formula is C7H14O3. The minimum absolute atomic E-state index is 0.0588. The van der Waals surface area contributed by atoms with E-state index < -0.39 is 0 Å². The molecule has 3 heteroatoms. The molecule has 1 heterocycles. The third-order valence-corrected chi connectivity index (χ3v) is 1.90. The molecule has 3 atom stereocenters. The molecule has 2 unspecified atom stereocenters. The van der Waals surface area contributed by atoms with Crippen molar-refractivity contribution in [1.82, 2.24) is 0 Å². The fourth-order valence-electron chi connectivity index (χ4n) is 1.24. The third kappa shape index (κ3) is 1.68. The molecule has 1 saturated heterocycles. The molecule has 2 N–H and O–H groups in total. The SMILES string of the molecule is CC1OC(CCO)C[C@H]1O. The molecule has 10 heavy (non-hydrogen) atoms. The van der Waals surface area contributed by atoms with E-state index in [0.29, 0.717) is 12.8 Å². The van der Waals surface area contributed by atoms with Gasteiger partial charge in [-0.2, -0.15) is 0 Å². The number of aliphatic hydroxyl groups is 2. The van der Waals surface area contributed by atoms with E-state index in [1.165, 1.54) is 0 Å². The maximum absolute atomic E-state index is 9.19. The molecule has 0 aliphatic carbocycles. The first-order chi connectivity index (χ1) is 4.74. The fourth-order valence-corrected chi connectivity index (χ4v) is 1.24. The van der Waals surface area contributed by atoms with Crippen LogP contribution in [0.1, 0.15) is 19.8 Å². The number of hydrogen-bond acceptors (Lipinski definition) is 3. The zero-order valence-corrected chi connectivity index (χ0v) is 6.16. The minimum atomic E-state index is -0.337. The Hall–Kier alpha value is -0.120. The van der Waals surface area contributed by atoms with E-state index in [0.717, 1.165) is 0 Å². The molecule has 0 aromatic rings. The van der Waals surface area contributed by atoms with E-state index in [1.54, 1.807) is 0 Å². The van der Waals surface area contributed by atoms with Crippen molar-refractivity contribution in [2.45, 2.75) is 38.1 Å². The first kappa shape index (κ1) is 7.98. The summed E-state index contributed by atoms with van der Waals surface area (Å²) in [7, 11) is 0. The van der Waals surface area contributed by atoms with Gasteiger partial charge in [-0.1, -0.05) is 0 Å². The van der Waals surface area contributed by atoms with E-state index in [4.69, 9.17) is 9.84 Å². The molecule has 0 spiro atoms. The summed E-state index contributed by atoms with van der Waals surface area (Å²) in [5.41, 5.74) is 0. The van der Waals surface area contributed by atoms with Crippen LogP contribution >= 0.6 is 0 Å². The monoisotopic (exact) mass is 146 g/mol. The standard InChI is InChI=1S/C7H14O3/c1-5-7(9)4-6(10-5)2-3-8/h5-9H,2-4H2,1H3/t5?,6?,7-/m1/s1. The van der Waals surface area contributed by atoms with Gasteiger partial charge in [0.05, 0.1) is 18.3 Å². The average molecular weight is 146 g/mol. The summed E-state index contributed by atoms with van der Waals surface area (Å²) in [6.45, 7) is 1.99. The van der Waals surface area contributed by atoms with Crippen LogP contribution in [-0.2, 0) is 4.74 Å². The zero-order valence-electron chi connectivity index (χ0n) is 6.16. The van der Waals surface area contributed by atoms with Crippen molar-refractivity contribution in [3.63, 3.8) is 0 Å². The third-order valence-electron chi connectivity index (χ3n) is 1.90. The van der Waals surface area contributed by atoms with E-state index in [2.05, 4.69) is 0 Å². The van der Waals surface area contributed by atoms with Gasteiger partial charge in [0.1, 0.15) is 0 Å². The smallest absolute Gasteiger partial charge is 0.0823 e. The molecule has 0 radical (unpaired) electrons. The normalized spacial score (nSPS) is 40.5. The second kappa shape index (κ2) is 3.32. The Kier molecular flexibility index (Phi) is 2.65. The number of ether oxygens (including phenoxy) is 1. The molecule has 60 valence electrons. The van der Waals surface area contributed by atoms with Gasteiger partial charge in [0, 0.05) is 13.0 Å². The van der Waals surface area contributed by atoms with Crippen molar-refractivity contribution in [2.24, 2.45) is 0 Å². The van der Waals surface area contributed by atoms with Crippen molar-refractivity contribution in [2.75, 3.05) is 6.61 Å². The first-order valence-corrected chi connectivity index (χ1v) is 3.68. The molecule has 1 fully saturated rings. The van der Waals surface area contributed by atoms with Gasteiger partial charge in [-0.05, 0) is 13.3 Å². The highest BCUT2D eigenvalue weighted by Crippen LogP contribution is 2.21. The highest BCUT2D eigenvalue weighted by molar-refractivity contribution is 4.78. The predicted molar refractivity (Wildman–Crippen MR) is 36.7 cm³/mol. The van der Waals surface area contributed by atoms with E-state index in [1.807, 2.05) is 6.92 Å². The molecule has 1 rings (SSSR count).